The number of aromatic nitrogens is 3. The Hall–Kier alpha value is -3.45. The molecule has 1 aromatic carbocycles. The van der Waals surface area contributed by atoms with Crippen LogP contribution < -0.4 is 10.6 Å². The van der Waals surface area contributed by atoms with E-state index < -0.39 is 24.4 Å². The maximum absolute atomic E-state index is 13.0. The summed E-state index contributed by atoms with van der Waals surface area (Å²) < 4.78 is 63.1. The van der Waals surface area contributed by atoms with E-state index >= 15 is 0 Å². The van der Waals surface area contributed by atoms with Gasteiger partial charge in [0.1, 0.15) is 0 Å². The van der Waals surface area contributed by atoms with Crippen LogP contribution in [0, 0.1) is 6.57 Å². The van der Waals surface area contributed by atoms with Crippen molar-refractivity contribution < 1.29 is 17.3 Å². The molecule has 3 heterocycles. The van der Waals surface area contributed by atoms with Crippen LogP contribution in [0.5, 0.6) is 0 Å². The number of nitrogens with zero attached hydrogens (tertiary/aromatic N) is 6. The normalized spacial score (nSPS) is 21.7. The fourth-order valence-corrected chi connectivity index (χ4v) is 4.69. The van der Waals surface area contributed by atoms with E-state index in [1.54, 1.807) is 0 Å². The number of piperazine rings is 1. The van der Waals surface area contributed by atoms with Crippen LogP contribution in [0.3, 0.4) is 0 Å². The molecule has 1 aliphatic heterocycles. The average molecular weight is 488 g/mol. The second kappa shape index (κ2) is 9.30. The highest BCUT2D eigenvalue weighted by atomic mass is 19.4. The van der Waals surface area contributed by atoms with Gasteiger partial charge in [-0.3, -0.25) is 9.47 Å². The van der Waals surface area contributed by atoms with Crippen molar-refractivity contribution in [3.05, 3.63) is 69.4 Å². The lowest BCUT2D eigenvalue weighted by molar-refractivity contribution is -0.137. The van der Waals surface area contributed by atoms with E-state index in [9.17, 15) is 18.0 Å². The number of hydrogen-bond donors (Lipinski definition) is 0. The summed E-state index contributed by atoms with van der Waals surface area (Å²) in [4.78, 5) is 28.8. The topological polar surface area (TPSA) is 58.6 Å². The summed E-state index contributed by atoms with van der Waals surface area (Å²) in [6.45, 7) is 11.4. The number of hydrogen-bond acceptors (Lipinski definition) is 5. The lowest BCUT2D eigenvalue weighted by Gasteiger charge is -2.48. The van der Waals surface area contributed by atoms with Gasteiger partial charge in [-0.15, -0.1) is 4.98 Å². The zero-order valence-corrected chi connectivity index (χ0v) is 19.5. The Morgan fingerprint density at radius 2 is 1.91 bits per heavy atom. The first kappa shape index (κ1) is 20.9. The Kier molecular flexibility index (Phi) is 5.55. The van der Waals surface area contributed by atoms with Gasteiger partial charge in [0.2, 0.25) is 5.52 Å². The van der Waals surface area contributed by atoms with E-state index in [1.165, 1.54) is 24.3 Å². The summed E-state index contributed by atoms with van der Waals surface area (Å²) in [7, 11) is 0. The highest BCUT2D eigenvalue weighted by molar-refractivity contribution is 5.87. The third-order valence-electron chi connectivity index (χ3n) is 6.66. The van der Waals surface area contributed by atoms with Crippen LogP contribution in [-0.4, -0.2) is 44.6 Å². The van der Waals surface area contributed by atoms with Gasteiger partial charge in [0, 0.05) is 42.3 Å². The molecule has 3 aromatic rings. The highest BCUT2D eigenvalue weighted by Gasteiger charge is 2.36. The summed E-state index contributed by atoms with van der Waals surface area (Å²) in [5.41, 5.74) is -0.668. The molecule has 0 spiro atoms. The van der Waals surface area contributed by atoms with Crippen molar-refractivity contribution in [2.45, 2.75) is 51.5 Å². The largest absolute Gasteiger partial charge is 0.416 e. The predicted molar refractivity (Wildman–Crippen MR) is 128 cm³/mol. The van der Waals surface area contributed by atoms with Crippen molar-refractivity contribution in [1.82, 2.24) is 19.4 Å². The standard InChI is InChI=1S/C25H27F3N6O/c1-6-19-14-33(23-22-20(32(5)24(35)31-23)11-12-21(29-4)30-22)15(2)13-34(19)16(3)17-7-9-18(10-8-17)25(26,27)28/h7-12,15-16,19H,6,13-14H2,1-3,5H3/t15-,16?,19+/m0/s1/i5D3. The summed E-state index contributed by atoms with van der Waals surface area (Å²) in [6, 6.07) is 7.51. The van der Waals surface area contributed by atoms with Crippen LogP contribution in [-0.2, 0) is 13.2 Å². The zero-order chi connectivity index (χ0) is 28.0. The Bertz CT molecular complexity index is 1430. The first-order valence-corrected chi connectivity index (χ1v) is 11.3. The van der Waals surface area contributed by atoms with E-state index in [4.69, 9.17) is 10.7 Å². The third-order valence-corrected chi connectivity index (χ3v) is 6.66. The number of aryl methyl sites for hydroxylation is 1. The smallest absolute Gasteiger partial charge is 0.361 e. The van der Waals surface area contributed by atoms with Crippen LogP contribution in [0.2, 0.25) is 0 Å². The Morgan fingerprint density at radius 3 is 2.51 bits per heavy atom. The van der Waals surface area contributed by atoms with Crippen LogP contribution in [0.15, 0.2) is 41.2 Å². The molecule has 0 aliphatic carbocycles. The van der Waals surface area contributed by atoms with Gasteiger partial charge in [-0.25, -0.2) is 4.79 Å². The van der Waals surface area contributed by atoms with Crippen molar-refractivity contribution in [2.75, 3.05) is 18.0 Å². The first-order chi connectivity index (χ1) is 17.8. The maximum Gasteiger partial charge on any atom is 0.416 e. The molecule has 0 amide bonds. The number of pyridine rings is 1. The molecule has 1 unspecified atom stereocenters. The molecule has 0 saturated carbocycles. The Labute approximate surface area is 205 Å². The molecule has 1 fully saturated rings. The quantitative estimate of drug-likeness (QED) is 0.488. The van der Waals surface area contributed by atoms with Gasteiger partial charge in [-0.1, -0.05) is 25.6 Å². The molecule has 1 aliphatic rings. The number of fused-ring (bicyclic) bond motifs is 1. The second-order valence-electron chi connectivity index (χ2n) is 8.76. The van der Waals surface area contributed by atoms with E-state index in [1.807, 2.05) is 25.7 Å². The number of alkyl halides is 3. The Morgan fingerprint density at radius 1 is 1.20 bits per heavy atom. The molecule has 0 bridgehead atoms. The minimum atomic E-state index is -4.40. The number of rotatable bonds is 4. The van der Waals surface area contributed by atoms with Crippen molar-refractivity contribution in [3.8, 4) is 0 Å². The molecule has 1 saturated heterocycles. The van der Waals surface area contributed by atoms with E-state index in [2.05, 4.69) is 19.7 Å². The third kappa shape index (κ3) is 4.60. The molecule has 35 heavy (non-hydrogen) atoms. The SMILES string of the molecule is [2H]C([2H])([2H])n1c(=O)nc(N2C[C@@H](CC)N(C(C)c3ccc(C(F)(F)F)cc3)C[C@@H]2C)c2nc([N+]#[C-])ccc21. The van der Waals surface area contributed by atoms with Crippen LogP contribution in [0.25, 0.3) is 15.9 Å². The number of halogens is 3. The molecule has 4 rings (SSSR count). The molecular weight excluding hydrogens is 457 g/mol. The Balaban J connectivity index is 1.72. The summed E-state index contributed by atoms with van der Waals surface area (Å²) >= 11 is 0. The van der Waals surface area contributed by atoms with Gasteiger partial charge < -0.3 is 9.74 Å². The monoisotopic (exact) mass is 487 g/mol. The molecule has 0 N–H and O–H groups in total. The molecular formula is C25H27F3N6O. The highest BCUT2D eigenvalue weighted by Crippen LogP contribution is 2.34. The van der Waals surface area contributed by atoms with Crippen molar-refractivity contribution in [3.63, 3.8) is 0 Å². The van der Waals surface area contributed by atoms with Gasteiger partial charge >= 0.3 is 11.9 Å². The number of anilines is 1. The van der Waals surface area contributed by atoms with Crippen molar-refractivity contribution in [1.29, 1.82) is 0 Å². The van der Waals surface area contributed by atoms with Crippen LogP contribution >= 0.6 is 0 Å². The first-order valence-electron chi connectivity index (χ1n) is 12.8. The number of benzene rings is 1. The fourth-order valence-electron chi connectivity index (χ4n) is 4.69. The predicted octanol–water partition coefficient (Wildman–Crippen LogP) is 4.95. The minimum absolute atomic E-state index is 0.0468. The average Bonchev–Trinajstić information content (AvgIpc) is 2.86. The van der Waals surface area contributed by atoms with Crippen molar-refractivity contribution >= 4 is 22.7 Å². The van der Waals surface area contributed by atoms with Crippen LogP contribution in [0.1, 0.15) is 48.5 Å². The molecule has 2 aromatic heterocycles. The zero-order valence-electron chi connectivity index (χ0n) is 22.5. The molecule has 10 heteroatoms. The van der Waals surface area contributed by atoms with Gasteiger partial charge in [-0.2, -0.15) is 18.2 Å². The molecule has 184 valence electrons. The second-order valence-corrected chi connectivity index (χ2v) is 8.76. The molecule has 0 radical (unpaired) electrons. The van der Waals surface area contributed by atoms with E-state index in [-0.39, 0.29) is 40.8 Å². The minimum Gasteiger partial charge on any atom is -0.361 e. The maximum atomic E-state index is 13.0. The lowest BCUT2D eigenvalue weighted by Crippen LogP contribution is -2.58. The van der Waals surface area contributed by atoms with Gasteiger partial charge in [0.15, 0.2) is 5.82 Å². The van der Waals surface area contributed by atoms with E-state index in [0.717, 1.165) is 17.7 Å². The van der Waals surface area contributed by atoms with Crippen LogP contribution in [0.4, 0.5) is 24.8 Å². The van der Waals surface area contributed by atoms with Gasteiger partial charge in [0.05, 0.1) is 11.1 Å². The summed E-state index contributed by atoms with van der Waals surface area (Å²) in [6.07, 6.45) is -3.70. The summed E-state index contributed by atoms with van der Waals surface area (Å²) in [5, 5.41) is 0. The van der Waals surface area contributed by atoms with Crippen molar-refractivity contribution in [2.24, 2.45) is 6.98 Å². The van der Waals surface area contributed by atoms with E-state index in [0.29, 0.717) is 24.1 Å². The fraction of sp³-hybridized carbons (Fsp3) is 0.440. The molecule has 3 atom stereocenters. The summed E-state index contributed by atoms with van der Waals surface area (Å²) in [5.74, 6) is 0.259. The lowest BCUT2D eigenvalue weighted by atomic mass is 9.98. The van der Waals surface area contributed by atoms with Gasteiger partial charge in [-0.05, 0) is 50.1 Å². The molecule has 7 nitrogen and oxygen atoms in total. The van der Waals surface area contributed by atoms with Gasteiger partial charge in [0.25, 0.3) is 5.82 Å².